The third-order valence-electron chi connectivity index (χ3n) is 1.81. The molecule has 0 amide bonds. The summed E-state index contributed by atoms with van der Waals surface area (Å²) in [5, 5.41) is 2.81. The molecule has 0 atom stereocenters. The Labute approximate surface area is 98.9 Å². The van der Waals surface area contributed by atoms with Crippen LogP contribution in [0.5, 0.6) is 0 Å². The van der Waals surface area contributed by atoms with Gasteiger partial charge in [0.2, 0.25) is 0 Å². The molecular formula is C11H17NO5. The maximum absolute atomic E-state index is 11.3. The predicted octanol–water partition coefficient (Wildman–Crippen LogP) is 0.973. The van der Waals surface area contributed by atoms with E-state index in [9.17, 15) is 9.59 Å². The second-order valence-corrected chi connectivity index (χ2v) is 4.62. The van der Waals surface area contributed by atoms with Crippen LogP contribution in [0.3, 0.4) is 0 Å². The molecule has 1 rings (SSSR count). The van der Waals surface area contributed by atoms with Crippen molar-refractivity contribution >= 4 is 5.97 Å². The fraction of sp³-hybridized carbons (Fsp3) is 0.636. The van der Waals surface area contributed by atoms with E-state index in [2.05, 4.69) is 9.73 Å². The van der Waals surface area contributed by atoms with E-state index in [1.165, 1.54) is 0 Å². The van der Waals surface area contributed by atoms with Gasteiger partial charge in [0.1, 0.15) is 11.4 Å². The Bertz CT molecular complexity index is 437. The zero-order chi connectivity index (χ0) is 13.1. The van der Waals surface area contributed by atoms with Gasteiger partial charge in [-0.2, -0.15) is 0 Å². The maximum Gasteiger partial charge on any atom is 0.519 e. The van der Waals surface area contributed by atoms with Gasteiger partial charge in [0.25, 0.3) is 0 Å². The molecule has 96 valence electrons. The Hall–Kier alpha value is -1.56. The Morgan fingerprint density at radius 1 is 1.35 bits per heavy atom. The van der Waals surface area contributed by atoms with Crippen molar-refractivity contribution in [3.05, 3.63) is 22.1 Å². The highest BCUT2D eigenvalue weighted by molar-refractivity contribution is 5.72. The van der Waals surface area contributed by atoms with Gasteiger partial charge >= 0.3 is 11.8 Å². The number of ether oxygens (including phenoxy) is 1. The minimum Gasteiger partial charge on any atom is -0.459 e. The van der Waals surface area contributed by atoms with Gasteiger partial charge in [-0.25, -0.2) is 4.79 Å². The van der Waals surface area contributed by atoms with Crippen LogP contribution in [0.15, 0.2) is 13.6 Å². The summed E-state index contributed by atoms with van der Waals surface area (Å²) >= 11 is 0. The lowest BCUT2D eigenvalue weighted by molar-refractivity contribution is -0.153. The molecule has 0 radical (unpaired) electrons. The van der Waals surface area contributed by atoms with Gasteiger partial charge in [0.15, 0.2) is 5.76 Å². The molecule has 1 aromatic rings. The van der Waals surface area contributed by atoms with Crippen molar-refractivity contribution in [2.24, 2.45) is 0 Å². The van der Waals surface area contributed by atoms with E-state index in [1.54, 1.807) is 27.7 Å². The Morgan fingerprint density at radius 2 is 2.00 bits per heavy atom. The van der Waals surface area contributed by atoms with Crippen LogP contribution < -0.4 is 11.1 Å². The predicted molar refractivity (Wildman–Crippen MR) is 59.5 cm³/mol. The van der Waals surface area contributed by atoms with E-state index in [-0.39, 0.29) is 19.1 Å². The monoisotopic (exact) mass is 243 g/mol. The van der Waals surface area contributed by atoms with Crippen molar-refractivity contribution < 1.29 is 18.4 Å². The standard InChI is InChI=1S/C11H17NO5/c1-7-8(16-10(14)15-7)5-12-6-9(13)17-11(2,3)4/h12H,5-6H2,1-4H3. The van der Waals surface area contributed by atoms with Crippen molar-refractivity contribution in [1.82, 2.24) is 5.32 Å². The summed E-state index contributed by atoms with van der Waals surface area (Å²) in [5.41, 5.74) is -0.503. The molecule has 0 aromatic carbocycles. The van der Waals surface area contributed by atoms with Crippen molar-refractivity contribution in [3.8, 4) is 0 Å². The normalized spacial score (nSPS) is 11.5. The number of carbonyl (C=O) groups is 1. The Balaban J connectivity index is 2.36. The number of carbonyl (C=O) groups excluding carboxylic acids is 1. The number of hydrogen-bond acceptors (Lipinski definition) is 6. The molecule has 0 unspecified atom stereocenters. The second kappa shape index (κ2) is 5.18. The fourth-order valence-electron chi connectivity index (χ4n) is 1.19. The highest BCUT2D eigenvalue weighted by Crippen LogP contribution is 2.07. The third kappa shape index (κ3) is 4.86. The molecule has 0 saturated heterocycles. The van der Waals surface area contributed by atoms with Crippen LogP contribution in [-0.2, 0) is 16.1 Å². The zero-order valence-corrected chi connectivity index (χ0v) is 10.5. The molecule has 0 aliphatic heterocycles. The summed E-state index contributed by atoms with van der Waals surface area (Å²) in [7, 11) is 0. The maximum atomic E-state index is 11.3. The lowest BCUT2D eigenvalue weighted by Gasteiger charge is -2.19. The highest BCUT2D eigenvalue weighted by atomic mass is 16.6. The van der Waals surface area contributed by atoms with E-state index in [0.717, 1.165) is 0 Å². The van der Waals surface area contributed by atoms with Crippen LogP contribution >= 0.6 is 0 Å². The molecule has 0 fully saturated rings. The van der Waals surface area contributed by atoms with Gasteiger partial charge in [-0.15, -0.1) is 0 Å². The first-order chi connectivity index (χ1) is 7.78. The van der Waals surface area contributed by atoms with Crippen LogP contribution in [0.1, 0.15) is 32.3 Å². The van der Waals surface area contributed by atoms with Crippen LogP contribution in [-0.4, -0.2) is 18.1 Å². The topological polar surface area (TPSA) is 81.7 Å². The zero-order valence-electron chi connectivity index (χ0n) is 10.5. The molecular weight excluding hydrogens is 226 g/mol. The van der Waals surface area contributed by atoms with Gasteiger partial charge in [0.05, 0.1) is 13.1 Å². The lowest BCUT2D eigenvalue weighted by atomic mass is 10.2. The smallest absolute Gasteiger partial charge is 0.459 e. The van der Waals surface area contributed by atoms with Crippen LogP contribution in [0.2, 0.25) is 0 Å². The van der Waals surface area contributed by atoms with Gasteiger partial charge in [-0.1, -0.05) is 0 Å². The fourth-order valence-corrected chi connectivity index (χ4v) is 1.19. The largest absolute Gasteiger partial charge is 0.519 e. The number of hydrogen-bond donors (Lipinski definition) is 1. The molecule has 6 heteroatoms. The van der Waals surface area contributed by atoms with Gasteiger partial charge in [-0.05, 0) is 27.7 Å². The number of nitrogens with one attached hydrogen (secondary N) is 1. The number of aryl methyl sites for hydroxylation is 1. The summed E-state index contributed by atoms with van der Waals surface area (Å²) in [6.45, 7) is 7.30. The molecule has 0 aliphatic rings. The highest BCUT2D eigenvalue weighted by Gasteiger charge is 2.16. The lowest BCUT2D eigenvalue weighted by Crippen LogP contribution is -2.31. The first-order valence-corrected chi connectivity index (χ1v) is 5.30. The molecule has 0 spiro atoms. The van der Waals surface area contributed by atoms with Gasteiger partial charge in [-0.3, -0.25) is 10.1 Å². The first-order valence-electron chi connectivity index (χ1n) is 5.30. The molecule has 6 nitrogen and oxygen atoms in total. The van der Waals surface area contributed by atoms with E-state index < -0.39 is 11.4 Å². The van der Waals surface area contributed by atoms with Crippen molar-refractivity contribution in [1.29, 1.82) is 0 Å². The Kier molecular flexibility index (Phi) is 4.11. The summed E-state index contributed by atoms with van der Waals surface area (Å²) in [4.78, 5) is 22.1. The van der Waals surface area contributed by atoms with Crippen molar-refractivity contribution in [2.75, 3.05) is 6.54 Å². The molecule has 0 aliphatic carbocycles. The van der Waals surface area contributed by atoms with Crippen LogP contribution in [0.4, 0.5) is 0 Å². The molecule has 0 saturated carbocycles. The van der Waals surface area contributed by atoms with E-state index in [0.29, 0.717) is 11.5 Å². The minimum atomic E-state index is -0.739. The summed E-state index contributed by atoms with van der Waals surface area (Å²) in [5.74, 6) is -0.303. The van der Waals surface area contributed by atoms with E-state index in [4.69, 9.17) is 9.15 Å². The third-order valence-corrected chi connectivity index (χ3v) is 1.81. The second-order valence-electron chi connectivity index (χ2n) is 4.62. The molecule has 17 heavy (non-hydrogen) atoms. The molecule has 0 bridgehead atoms. The average molecular weight is 243 g/mol. The summed E-state index contributed by atoms with van der Waals surface area (Å²) < 4.78 is 14.5. The molecule has 1 aromatic heterocycles. The number of esters is 1. The van der Waals surface area contributed by atoms with Gasteiger partial charge < -0.3 is 13.6 Å². The minimum absolute atomic E-state index is 0.0472. The summed E-state index contributed by atoms with van der Waals surface area (Å²) in [6.07, 6.45) is 0. The molecule has 1 N–H and O–H groups in total. The molecule has 1 heterocycles. The SMILES string of the molecule is Cc1oc(=O)oc1CNCC(=O)OC(C)(C)C. The van der Waals surface area contributed by atoms with Gasteiger partial charge in [0, 0.05) is 0 Å². The quantitative estimate of drug-likeness (QED) is 0.793. The average Bonchev–Trinajstić information content (AvgIpc) is 2.42. The first kappa shape index (κ1) is 13.5. The van der Waals surface area contributed by atoms with E-state index in [1.807, 2.05) is 0 Å². The Morgan fingerprint density at radius 3 is 2.47 bits per heavy atom. The summed E-state index contributed by atoms with van der Waals surface area (Å²) in [6, 6.07) is 0. The van der Waals surface area contributed by atoms with E-state index >= 15 is 0 Å². The number of rotatable bonds is 4. The van der Waals surface area contributed by atoms with Crippen molar-refractivity contribution in [2.45, 2.75) is 39.8 Å². The van der Waals surface area contributed by atoms with Crippen LogP contribution in [0, 0.1) is 6.92 Å². The van der Waals surface area contributed by atoms with Crippen LogP contribution in [0.25, 0.3) is 0 Å². The van der Waals surface area contributed by atoms with Crippen molar-refractivity contribution in [3.63, 3.8) is 0 Å².